The summed E-state index contributed by atoms with van der Waals surface area (Å²) in [4.78, 5) is 4.29. The third-order valence-corrected chi connectivity index (χ3v) is 4.17. The highest BCUT2D eigenvalue weighted by molar-refractivity contribution is 4.94. The monoisotopic (exact) mass is 236 g/mol. The maximum absolute atomic E-state index is 5.61. The number of nitrogens with one attached hydrogen (secondary N) is 1. The summed E-state index contributed by atoms with van der Waals surface area (Å²) in [6.07, 6.45) is 6.76. The summed E-state index contributed by atoms with van der Waals surface area (Å²) in [6, 6.07) is 0.621. The van der Waals surface area contributed by atoms with Gasteiger partial charge in [0.05, 0.1) is 12.7 Å². The lowest BCUT2D eigenvalue weighted by atomic mass is 9.78. The Morgan fingerprint density at radius 1 is 1.41 bits per heavy atom. The summed E-state index contributed by atoms with van der Waals surface area (Å²) in [5.74, 6) is 3.39. The van der Waals surface area contributed by atoms with Crippen LogP contribution < -0.4 is 5.32 Å². The lowest BCUT2D eigenvalue weighted by Gasteiger charge is -2.34. The fourth-order valence-electron chi connectivity index (χ4n) is 2.68. The number of rotatable bonds is 4. The van der Waals surface area contributed by atoms with Gasteiger partial charge >= 0.3 is 0 Å². The van der Waals surface area contributed by atoms with Crippen molar-refractivity contribution in [1.29, 1.82) is 0 Å². The minimum Gasteiger partial charge on any atom is -0.444 e. The quantitative estimate of drug-likeness (QED) is 0.872. The van der Waals surface area contributed by atoms with Crippen LogP contribution in [-0.2, 0) is 13.0 Å². The Hall–Kier alpha value is -0.830. The molecule has 2 rings (SSSR count). The van der Waals surface area contributed by atoms with Crippen LogP contribution in [0.3, 0.4) is 0 Å². The summed E-state index contributed by atoms with van der Waals surface area (Å²) in [5.41, 5.74) is 0. The Kier molecular flexibility index (Phi) is 4.21. The molecule has 0 radical (unpaired) electrons. The van der Waals surface area contributed by atoms with Crippen molar-refractivity contribution in [2.45, 2.75) is 59.0 Å². The van der Waals surface area contributed by atoms with E-state index in [-0.39, 0.29) is 0 Å². The normalized spacial score (nSPS) is 29.5. The molecular formula is C14H24N2O. The van der Waals surface area contributed by atoms with E-state index in [1.165, 1.54) is 19.3 Å². The van der Waals surface area contributed by atoms with Crippen LogP contribution in [0.15, 0.2) is 10.6 Å². The molecule has 0 spiro atoms. The zero-order chi connectivity index (χ0) is 12.3. The minimum absolute atomic E-state index is 0.621. The van der Waals surface area contributed by atoms with Gasteiger partial charge in [0, 0.05) is 12.5 Å². The predicted octanol–water partition coefficient (Wildman–Crippen LogP) is 3.15. The number of oxazole rings is 1. The lowest BCUT2D eigenvalue weighted by molar-refractivity contribution is 0.202. The van der Waals surface area contributed by atoms with Crippen molar-refractivity contribution in [3.8, 4) is 0 Å². The second-order valence-electron chi connectivity index (χ2n) is 5.33. The minimum atomic E-state index is 0.621. The Balaban J connectivity index is 1.84. The van der Waals surface area contributed by atoms with E-state index in [1.807, 2.05) is 6.20 Å². The van der Waals surface area contributed by atoms with Crippen LogP contribution in [0.2, 0.25) is 0 Å². The third kappa shape index (κ3) is 3.09. The molecule has 1 heterocycles. The molecule has 1 saturated carbocycles. The van der Waals surface area contributed by atoms with Gasteiger partial charge in [-0.3, -0.25) is 0 Å². The first-order chi connectivity index (χ1) is 8.20. The highest BCUT2D eigenvalue weighted by Crippen LogP contribution is 2.29. The number of aryl methyl sites for hydroxylation is 1. The smallest absolute Gasteiger partial charge is 0.208 e. The summed E-state index contributed by atoms with van der Waals surface area (Å²) in [6.45, 7) is 7.57. The molecule has 1 aromatic rings. The van der Waals surface area contributed by atoms with Gasteiger partial charge in [-0.15, -0.1) is 0 Å². The number of aromatic nitrogens is 1. The van der Waals surface area contributed by atoms with Gasteiger partial charge in [-0.25, -0.2) is 4.98 Å². The van der Waals surface area contributed by atoms with Crippen molar-refractivity contribution >= 4 is 0 Å². The van der Waals surface area contributed by atoms with E-state index in [9.17, 15) is 0 Å². The standard InChI is InChI=1S/C14H24N2O/c1-4-12-8-16-14(17-12)9-15-13-7-5-6-10(2)11(13)3/h8,10-11,13,15H,4-7,9H2,1-3H3. The van der Waals surface area contributed by atoms with Crippen molar-refractivity contribution in [1.82, 2.24) is 10.3 Å². The topological polar surface area (TPSA) is 38.1 Å². The molecule has 17 heavy (non-hydrogen) atoms. The summed E-state index contributed by atoms with van der Waals surface area (Å²) >= 11 is 0. The molecule has 1 fully saturated rings. The number of nitrogens with zero attached hydrogens (tertiary/aromatic N) is 1. The molecule has 1 aromatic heterocycles. The van der Waals surface area contributed by atoms with Crippen LogP contribution >= 0.6 is 0 Å². The SMILES string of the molecule is CCc1cnc(CNC2CCCC(C)C2C)o1. The van der Waals surface area contributed by atoms with Gasteiger partial charge in [0.1, 0.15) is 5.76 Å². The average molecular weight is 236 g/mol. The van der Waals surface area contributed by atoms with Crippen molar-refractivity contribution in [2.75, 3.05) is 0 Å². The van der Waals surface area contributed by atoms with Gasteiger partial charge in [-0.2, -0.15) is 0 Å². The molecule has 1 aliphatic rings. The number of hydrogen-bond acceptors (Lipinski definition) is 3. The molecule has 0 aliphatic heterocycles. The maximum atomic E-state index is 5.61. The molecule has 1 aliphatic carbocycles. The van der Waals surface area contributed by atoms with Gasteiger partial charge in [0.25, 0.3) is 0 Å². The Morgan fingerprint density at radius 3 is 2.94 bits per heavy atom. The van der Waals surface area contributed by atoms with Crippen molar-refractivity contribution < 1.29 is 4.42 Å². The fourth-order valence-corrected chi connectivity index (χ4v) is 2.68. The van der Waals surface area contributed by atoms with E-state index in [4.69, 9.17) is 4.42 Å². The fraction of sp³-hybridized carbons (Fsp3) is 0.786. The summed E-state index contributed by atoms with van der Waals surface area (Å²) in [7, 11) is 0. The van der Waals surface area contributed by atoms with E-state index in [0.29, 0.717) is 6.04 Å². The Morgan fingerprint density at radius 2 is 2.24 bits per heavy atom. The molecule has 3 heteroatoms. The van der Waals surface area contributed by atoms with Crippen LogP contribution in [-0.4, -0.2) is 11.0 Å². The first-order valence-electron chi connectivity index (χ1n) is 6.87. The molecule has 0 aromatic carbocycles. The Bertz CT molecular complexity index is 348. The second-order valence-corrected chi connectivity index (χ2v) is 5.33. The third-order valence-electron chi connectivity index (χ3n) is 4.17. The van der Waals surface area contributed by atoms with Gasteiger partial charge in [-0.1, -0.05) is 33.6 Å². The summed E-state index contributed by atoms with van der Waals surface area (Å²) < 4.78 is 5.61. The first-order valence-corrected chi connectivity index (χ1v) is 6.87. The van der Waals surface area contributed by atoms with Gasteiger partial charge < -0.3 is 9.73 Å². The highest BCUT2D eigenvalue weighted by atomic mass is 16.4. The Labute approximate surface area is 104 Å². The lowest BCUT2D eigenvalue weighted by Crippen LogP contribution is -2.40. The maximum Gasteiger partial charge on any atom is 0.208 e. The van der Waals surface area contributed by atoms with Crippen LogP contribution in [0, 0.1) is 11.8 Å². The zero-order valence-electron chi connectivity index (χ0n) is 11.2. The summed E-state index contributed by atoms with van der Waals surface area (Å²) in [5, 5.41) is 3.60. The van der Waals surface area contributed by atoms with Crippen LogP contribution in [0.1, 0.15) is 51.7 Å². The van der Waals surface area contributed by atoms with Crippen molar-refractivity contribution in [3.05, 3.63) is 17.8 Å². The highest BCUT2D eigenvalue weighted by Gasteiger charge is 2.26. The molecule has 3 nitrogen and oxygen atoms in total. The molecule has 1 N–H and O–H groups in total. The molecule has 96 valence electrons. The first kappa shape index (κ1) is 12.6. The number of hydrogen-bond donors (Lipinski definition) is 1. The van der Waals surface area contributed by atoms with Crippen molar-refractivity contribution in [2.24, 2.45) is 11.8 Å². The van der Waals surface area contributed by atoms with E-state index in [2.05, 4.69) is 31.1 Å². The van der Waals surface area contributed by atoms with Crippen LogP contribution in [0.4, 0.5) is 0 Å². The zero-order valence-corrected chi connectivity index (χ0v) is 11.2. The van der Waals surface area contributed by atoms with E-state index in [0.717, 1.165) is 36.5 Å². The second kappa shape index (κ2) is 5.67. The molecular weight excluding hydrogens is 212 g/mol. The van der Waals surface area contributed by atoms with Gasteiger partial charge in [-0.05, 0) is 18.3 Å². The van der Waals surface area contributed by atoms with E-state index >= 15 is 0 Å². The van der Waals surface area contributed by atoms with Crippen molar-refractivity contribution in [3.63, 3.8) is 0 Å². The predicted molar refractivity (Wildman–Crippen MR) is 68.7 cm³/mol. The van der Waals surface area contributed by atoms with Crippen LogP contribution in [0.25, 0.3) is 0 Å². The average Bonchev–Trinajstić information content (AvgIpc) is 2.79. The van der Waals surface area contributed by atoms with Gasteiger partial charge in [0.15, 0.2) is 0 Å². The molecule has 0 saturated heterocycles. The van der Waals surface area contributed by atoms with Gasteiger partial charge in [0.2, 0.25) is 5.89 Å². The molecule has 0 bridgehead atoms. The molecule has 3 unspecified atom stereocenters. The van der Waals surface area contributed by atoms with E-state index < -0.39 is 0 Å². The van der Waals surface area contributed by atoms with Crippen LogP contribution in [0.5, 0.6) is 0 Å². The van der Waals surface area contributed by atoms with E-state index in [1.54, 1.807) is 0 Å². The molecule has 3 atom stereocenters. The largest absolute Gasteiger partial charge is 0.444 e. The molecule has 0 amide bonds.